The fourth-order valence-corrected chi connectivity index (χ4v) is 1.34. The van der Waals surface area contributed by atoms with Crippen LogP contribution in [0.5, 0.6) is 5.75 Å². The Morgan fingerprint density at radius 1 is 1.53 bits per heavy atom. The molecule has 0 aromatic heterocycles. The van der Waals surface area contributed by atoms with Crippen LogP contribution in [-0.4, -0.2) is 24.5 Å². The van der Waals surface area contributed by atoms with E-state index < -0.39 is 5.97 Å². The number of benzene rings is 1. The van der Waals surface area contributed by atoms with Gasteiger partial charge in [-0.05, 0) is 18.2 Å². The molecular weight excluding hydrogens is 222 g/mol. The Balaban J connectivity index is 3.40. The molecule has 5 heteroatoms. The Hall–Kier alpha value is -2.61. The molecule has 17 heavy (non-hydrogen) atoms. The minimum atomic E-state index is -1.12. The van der Waals surface area contributed by atoms with E-state index in [9.17, 15) is 9.59 Å². The summed E-state index contributed by atoms with van der Waals surface area (Å²) in [6.07, 6.45) is 2.76. The number of nitrogens with zero attached hydrogens (tertiary/aromatic N) is 1. The number of carbonyl (C=O) groups is 2. The molecule has 0 spiro atoms. The molecule has 5 nitrogen and oxygen atoms in total. The zero-order chi connectivity index (χ0) is 12.8. The lowest BCUT2D eigenvalue weighted by atomic mass is 10.0. The van der Waals surface area contributed by atoms with Crippen molar-refractivity contribution in [1.29, 1.82) is 5.26 Å². The van der Waals surface area contributed by atoms with E-state index in [1.165, 1.54) is 25.3 Å². The van der Waals surface area contributed by atoms with Gasteiger partial charge in [-0.1, -0.05) is 0 Å². The van der Waals surface area contributed by atoms with E-state index >= 15 is 0 Å². The summed E-state index contributed by atoms with van der Waals surface area (Å²) in [5.41, 5.74) is 0.838. The molecule has 0 saturated carbocycles. The van der Waals surface area contributed by atoms with E-state index in [2.05, 4.69) is 0 Å². The van der Waals surface area contributed by atoms with Gasteiger partial charge in [0.25, 0.3) is 0 Å². The van der Waals surface area contributed by atoms with Crippen molar-refractivity contribution in [2.75, 3.05) is 7.11 Å². The fraction of sp³-hybridized carbons (Fsp3) is 0.0833. The Morgan fingerprint density at radius 3 is 2.71 bits per heavy atom. The molecule has 0 aliphatic carbocycles. The van der Waals surface area contributed by atoms with Crippen molar-refractivity contribution >= 4 is 18.3 Å². The monoisotopic (exact) mass is 231 g/mol. The first kappa shape index (κ1) is 12.5. The number of carbonyl (C=O) groups excluding carboxylic acids is 1. The smallest absolute Gasteiger partial charge is 0.328 e. The quantitative estimate of drug-likeness (QED) is 0.626. The fourth-order valence-electron chi connectivity index (χ4n) is 1.34. The third-order valence-electron chi connectivity index (χ3n) is 2.01. The highest BCUT2D eigenvalue weighted by molar-refractivity contribution is 5.87. The number of rotatable bonds is 4. The lowest BCUT2D eigenvalue weighted by Gasteiger charge is -2.07. The van der Waals surface area contributed by atoms with Gasteiger partial charge in [0.05, 0.1) is 12.7 Å². The highest BCUT2D eigenvalue weighted by atomic mass is 16.5. The summed E-state index contributed by atoms with van der Waals surface area (Å²) in [6, 6.07) is 4.71. The maximum atomic E-state index is 10.7. The second-order valence-corrected chi connectivity index (χ2v) is 3.09. The van der Waals surface area contributed by atoms with E-state index in [0.717, 1.165) is 6.08 Å². The molecule has 1 N–H and O–H groups in total. The molecule has 0 bridgehead atoms. The average molecular weight is 231 g/mol. The predicted molar refractivity (Wildman–Crippen MR) is 59.8 cm³/mol. The van der Waals surface area contributed by atoms with Crippen LogP contribution in [0, 0.1) is 11.3 Å². The standard InChI is InChI=1S/C12H9NO4/c1-17-12-9(2-3-11(15)16)4-8(7-14)5-10(12)6-13/h2-5,7H,1H3,(H,15,16)/b3-2+. The lowest BCUT2D eigenvalue weighted by Crippen LogP contribution is -1.95. The normalized spacial score (nSPS) is 9.88. The molecule has 0 fully saturated rings. The van der Waals surface area contributed by atoms with Crippen LogP contribution >= 0.6 is 0 Å². The third-order valence-corrected chi connectivity index (χ3v) is 2.01. The van der Waals surface area contributed by atoms with Crippen molar-refractivity contribution < 1.29 is 19.4 Å². The van der Waals surface area contributed by atoms with E-state index in [1.54, 1.807) is 0 Å². The molecular formula is C12H9NO4. The first-order valence-electron chi connectivity index (χ1n) is 4.60. The summed E-state index contributed by atoms with van der Waals surface area (Å²) in [5.74, 6) is -0.877. The molecule has 86 valence electrons. The molecule has 0 radical (unpaired) electrons. The molecule has 0 atom stereocenters. The number of carboxylic acids is 1. The van der Waals surface area contributed by atoms with E-state index in [1.807, 2.05) is 6.07 Å². The van der Waals surface area contributed by atoms with Crippen LogP contribution in [0.4, 0.5) is 0 Å². The van der Waals surface area contributed by atoms with Crippen LogP contribution in [0.1, 0.15) is 21.5 Å². The first-order valence-corrected chi connectivity index (χ1v) is 4.60. The molecule has 0 unspecified atom stereocenters. The Bertz CT molecular complexity index is 526. The van der Waals surface area contributed by atoms with Gasteiger partial charge in [-0.2, -0.15) is 5.26 Å². The molecule has 0 heterocycles. The number of aliphatic carboxylic acids is 1. The second-order valence-electron chi connectivity index (χ2n) is 3.09. The van der Waals surface area contributed by atoms with Crippen molar-refractivity contribution in [3.63, 3.8) is 0 Å². The minimum Gasteiger partial charge on any atom is -0.495 e. The zero-order valence-corrected chi connectivity index (χ0v) is 9.01. The molecule has 0 aliphatic heterocycles. The van der Waals surface area contributed by atoms with Gasteiger partial charge in [-0.15, -0.1) is 0 Å². The topological polar surface area (TPSA) is 87.4 Å². The number of ether oxygens (including phenoxy) is 1. The molecule has 0 aliphatic rings. The summed E-state index contributed by atoms with van der Waals surface area (Å²) < 4.78 is 5.02. The SMILES string of the molecule is COc1c(C#N)cc(C=O)cc1/C=C/C(=O)O. The first-order chi connectivity index (χ1) is 8.12. The minimum absolute atomic E-state index is 0.183. The lowest BCUT2D eigenvalue weighted by molar-refractivity contribution is -0.131. The van der Waals surface area contributed by atoms with Gasteiger partial charge < -0.3 is 9.84 Å². The van der Waals surface area contributed by atoms with E-state index in [0.29, 0.717) is 11.8 Å². The number of aldehydes is 1. The highest BCUT2D eigenvalue weighted by Crippen LogP contribution is 2.26. The van der Waals surface area contributed by atoms with E-state index in [4.69, 9.17) is 15.1 Å². The van der Waals surface area contributed by atoms with Crippen molar-refractivity contribution in [2.45, 2.75) is 0 Å². The summed E-state index contributed by atoms with van der Waals surface area (Å²) in [4.78, 5) is 21.1. The number of methoxy groups -OCH3 is 1. The largest absolute Gasteiger partial charge is 0.495 e. The molecule has 0 saturated heterocycles. The summed E-state index contributed by atoms with van der Waals surface area (Å²) in [6.45, 7) is 0. The van der Waals surface area contributed by atoms with Crippen LogP contribution in [0.2, 0.25) is 0 Å². The zero-order valence-electron chi connectivity index (χ0n) is 9.01. The maximum Gasteiger partial charge on any atom is 0.328 e. The molecule has 0 amide bonds. The summed E-state index contributed by atoms with van der Waals surface area (Å²) in [5, 5.41) is 17.4. The van der Waals surface area contributed by atoms with Gasteiger partial charge in [-0.25, -0.2) is 4.79 Å². The molecule has 1 rings (SSSR count). The number of hydrogen-bond acceptors (Lipinski definition) is 4. The average Bonchev–Trinajstić information content (AvgIpc) is 2.34. The maximum absolute atomic E-state index is 10.7. The van der Waals surface area contributed by atoms with Crippen LogP contribution in [0.25, 0.3) is 6.08 Å². The number of nitriles is 1. The van der Waals surface area contributed by atoms with Crippen molar-refractivity contribution in [3.05, 3.63) is 34.9 Å². The van der Waals surface area contributed by atoms with Gasteiger partial charge >= 0.3 is 5.97 Å². The van der Waals surface area contributed by atoms with Crippen LogP contribution in [0.15, 0.2) is 18.2 Å². The van der Waals surface area contributed by atoms with E-state index in [-0.39, 0.29) is 16.9 Å². The predicted octanol–water partition coefficient (Wildman–Crippen LogP) is 1.48. The molecule has 1 aromatic carbocycles. The van der Waals surface area contributed by atoms with Gasteiger partial charge in [0.1, 0.15) is 18.1 Å². The Labute approximate surface area is 97.6 Å². The van der Waals surface area contributed by atoms with Gasteiger partial charge in [-0.3, -0.25) is 4.79 Å². The Morgan fingerprint density at radius 2 is 2.24 bits per heavy atom. The summed E-state index contributed by atoms with van der Waals surface area (Å²) in [7, 11) is 1.37. The van der Waals surface area contributed by atoms with Gasteiger partial charge in [0.15, 0.2) is 0 Å². The van der Waals surface area contributed by atoms with Crippen LogP contribution in [-0.2, 0) is 4.79 Å². The number of carboxylic acid groups (broad SMARTS) is 1. The van der Waals surface area contributed by atoms with Crippen molar-refractivity contribution in [2.24, 2.45) is 0 Å². The summed E-state index contributed by atoms with van der Waals surface area (Å²) >= 11 is 0. The highest BCUT2D eigenvalue weighted by Gasteiger charge is 2.09. The van der Waals surface area contributed by atoms with Gasteiger partial charge in [0, 0.05) is 17.2 Å². The molecule has 1 aromatic rings. The second kappa shape index (κ2) is 5.47. The van der Waals surface area contributed by atoms with Crippen LogP contribution < -0.4 is 4.74 Å². The van der Waals surface area contributed by atoms with Crippen molar-refractivity contribution in [3.8, 4) is 11.8 Å². The van der Waals surface area contributed by atoms with Gasteiger partial charge in [0.2, 0.25) is 0 Å². The Kier molecular flexibility index (Phi) is 4.01. The third kappa shape index (κ3) is 2.92. The van der Waals surface area contributed by atoms with Crippen molar-refractivity contribution in [1.82, 2.24) is 0 Å². The number of hydrogen-bond donors (Lipinski definition) is 1. The van der Waals surface area contributed by atoms with Crippen LogP contribution in [0.3, 0.4) is 0 Å².